The average Bonchev–Trinajstić information content (AvgIpc) is 3.07. The number of nitrogens with zero attached hydrogens (tertiary/aromatic N) is 2. The van der Waals surface area contributed by atoms with E-state index in [0.717, 1.165) is 49.1 Å². The van der Waals surface area contributed by atoms with E-state index in [-0.39, 0.29) is 24.3 Å². The SMILES string of the molecule is CCCOc1ccc(N2C(=O)C[C@H]([NH+]3CCN(c4ccccc4Cl)CC3)C2=O)cc1. The minimum absolute atomic E-state index is 0.108. The molecule has 7 heteroatoms. The number of hydrogen-bond donors (Lipinski definition) is 1. The van der Waals surface area contributed by atoms with Gasteiger partial charge in [0.05, 0.1) is 55.6 Å². The van der Waals surface area contributed by atoms with Gasteiger partial charge in [-0.25, -0.2) is 4.90 Å². The zero-order chi connectivity index (χ0) is 21.1. The Morgan fingerprint density at radius 2 is 1.77 bits per heavy atom. The zero-order valence-electron chi connectivity index (χ0n) is 17.1. The Kier molecular flexibility index (Phi) is 6.25. The van der Waals surface area contributed by atoms with E-state index >= 15 is 0 Å². The monoisotopic (exact) mass is 428 g/mol. The Bertz CT molecular complexity index is 910. The number of para-hydroxylation sites is 1. The second-order valence-electron chi connectivity index (χ2n) is 7.76. The normalized spacial score (nSPS) is 20.1. The molecule has 30 heavy (non-hydrogen) atoms. The molecule has 1 N–H and O–H groups in total. The lowest BCUT2D eigenvalue weighted by atomic mass is 10.1. The zero-order valence-corrected chi connectivity index (χ0v) is 17.9. The van der Waals surface area contributed by atoms with E-state index < -0.39 is 0 Å². The summed E-state index contributed by atoms with van der Waals surface area (Å²) in [4.78, 5) is 30.5. The van der Waals surface area contributed by atoms with Gasteiger partial charge in [-0.1, -0.05) is 30.7 Å². The van der Waals surface area contributed by atoms with Gasteiger partial charge in [0, 0.05) is 0 Å². The number of quaternary nitrogens is 1. The lowest BCUT2D eigenvalue weighted by molar-refractivity contribution is -0.915. The van der Waals surface area contributed by atoms with Crippen molar-refractivity contribution in [3.05, 3.63) is 53.6 Å². The van der Waals surface area contributed by atoms with Crippen molar-refractivity contribution in [2.24, 2.45) is 0 Å². The Hall–Kier alpha value is -2.57. The number of anilines is 2. The number of ether oxygens (including phenoxy) is 1. The number of carbonyl (C=O) groups is 2. The van der Waals surface area contributed by atoms with Crippen LogP contribution in [-0.4, -0.2) is 50.6 Å². The van der Waals surface area contributed by atoms with Crippen molar-refractivity contribution in [1.82, 2.24) is 0 Å². The van der Waals surface area contributed by atoms with Crippen molar-refractivity contribution in [3.63, 3.8) is 0 Å². The average molecular weight is 429 g/mol. The van der Waals surface area contributed by atoms with Crippen LogP contribution in [0.2, 0.25) is 5.02 Å². The summed E-state index contributed by atoms with van der Waals surface area (Å²) >= 11 is 6.33. The molecule has 0 spiro atoms. The fourth-order valence-corrected chi connectivity index (χ4v) is 4.48. The lowest BCUT2D eigenvalue weighted by Crippen LogP contribution is -3.19. The summed E-state index contributed by atoms with van der Waals surface area (Å²) in [6.45, 7) is 5.90. The number of hydrogen-bond acceptors (Lipinski definition) is 4. The van der Waals surface area contributed by atoms with Crippen molar-refractivity contribution >= 4 is 34.8 Å². The van der Waals surface area contributed by atoms with Gasteiger partial charge in [-0.3, -0.25) is 9.59 Å². The molecule has 0 aromatic heterocycles. The smallest absolute Gasteiger partial charge is 0.292 e. The molecule has 2 heterocycles. The van der Waals surface area contributed by atoms with E-state index in [2.05, 4.69) is 4.90 Å². The van der Waals surface area contributed by atoms with Gasteiger partial charge in [0.25, 0.3) is 5.91 Å². The predicted octanol–water partition coefficient (Wildman–Crippen LogP) is 2.17. The van der Waals surface area contributed by atoms with E-state index in [4.69, 9.17) is 16.3 Å². The summed E-state index contributed by atoms with van der Waals surface area (Å²) in [5.74, 6) is 0.509. The topological polar surface area (TPSA) is 54.3 Å². The third kappa shape index (κ3) is 4.16. The predicted molar refractivity (Wildman–Crippen MR) is 117 cm³/mol. The Morgan fingerprint density at radius 1 is 1.07 bits per heavy atom. The fraction of sp³-hybridized carbons (Fsp3) is 0.391. The van der Waals surface area contributed by atoms with E-state index in [1.54, 1.807) is 12.1 Å². The quantitative estimate of drug-likeness (QED) is 0.716. The number of benzene rings is 2. The minimum atomic E-state index is -0.318. The van der Waals surface area contributed by atoms with Gasteiger partial charge in [0.15, 0.2) is 6.04 Å². The Balaban J connectivity index is 1.40. The second kappa shape index (κ2) is 9.06. The number of amides is 2. The third-order valence-corrected chi connectivity index (χ3v) is 6.13. The van der Waals surface area contributed by atoms with Crippen LogP contribution >= 0.6 is 11.6 Å². The maximum Gasteiger partial charge on any atom is 0.292 e. The molecule has 2 aliphatic heterocycles. The number of rotatable bonds is 6. The van der Waals surface area contributed by atoms with Crippen LogP contribution in [0, 0.1) is 0 Å². The molecule has 2 fully saturated rings. The molecule has 2 aromatic carbocycles. The summed E-state index contributed by atoms with van der Waals surface area (Å²) in [6, 6.07) is 14.7. The molecule has 2 aliphatic rings. The molecule has 6 nitrogen and oxygen atoms in total. The number of halogens is 1. The second-order valence-corrected chi connectivity index (χ2v) is 8.17. The van der Waals surface area contributed by atoms with Crippen molar-refractivity contribution in [1.29, 1.82) is 0 Å². The van der Waals surface area contributed by atoms with E-state index in [1.165, 1.54) is 9.80 Å². The van der Waals surface area contributed by atoms with Crippen LogP contribution in [0.4, 0.5) is 11.4 Å². The summed E-state index contributed by atoms with van der Waals surface area (Å²) in [5, 5.41) is 0.741. The van der Waals surface area contributed by atoms with Crippen LogP contribution < -0.4 is 19.4 Å². The Morgan fingerprint density at radius 3 is 2.43 bits per heavy atom. The molecule has 2 amide bonds. The standard InChI is InChI=1S/C23H26ClN3O3/c1-2-15-30-18-9-7-17(8-10-18)27-22(28)16-21(23(27)29)26-13-11-25(12-14-26)20-6-4-3-5-19(20)24/h3-10,21H,2,11-16H2,1H3/p+1/t21-/m0/s1. The first-order chi connectivity index (χ1) is 14.6. The largest absolute Gasteiger partial charge is 0.494 e. The highest BCUT2D eigenvalue weighted by Crippen LogP contribution is 2.26. The molecule has 0 saturated carbocycles. The van der Waals surface area contributed by atoms with Gasteiger partial charge in [-0.15, -0.1) is 0 Å². The maximum absolute atomic E-state index is 13.1. The van der Waals surface area contributed by atoms with Crippen LogP contribution in [-0.2, 0) is 9.59 Å². The van der Waals surface area contributed by atoms with Crippen molar-refractivity contribution in [2.75, 3.05) is 42.6 Å². The van der Waals surface area contributed by atoms with Gasteiger partial charge in [0.1, 0.15) is 5.75 Å². The fourth-order valence-electron chi connectivity index (χ4n) is 4.22. The van der Waals surface area contributed by atoms with Gasteiger partial charge in [-0.05, 0) is 42.8 Å². The number of imide groups is 1. The lowest BCUT2D eigenvalue weighted by Gasteiger charge is -2.36. The third-order valence-electron chi connectivity index (χ3n) is 5.81. The molecule has 158 valence electrons. The summed E-state index contributed by atoms with van der Waals surface area (Å²) in [6.07, 6.45) is 1.19. The first kappa shape index (κ1) is 20.7. The minimum Gasteiger partial charge on any atom is -0.494 e. The highest BCUT2D eigenvalue weighted by atomic mass is 35.5. The number of carbonyl (C=O) groups excluding carboxylic acids is 2. The molecule has 2 saturated heterocycles. The molecule has 0 aliphatic carbocycles. The van der Waals surface area contributed by atoms with Crippen LogP contribution in [0.3, 0.4) is 0 Å². The molecular weight excluding hydrogens is 402 g/mol. The van der Waals surface area contributed by atoms with Gasteiger partial charge in [0.2, 0.25) is 5.91 Å². The molecule has 4 rings (SSSR count). The summed E-state index contributed by atoms with van der Waals surface area (Å²) < 4.78 is 5.59. The first-order valence-corrected chi connectivity index (χ1v) is 10.9. The summed E-state index contributed by atoms with van der Waals surface area (Å²) in [5.41, 5.74) is 1.64. The highest BCUT2D eigenvalue weighted by molar-refractivity contribution is 6.33. The van der Waals surface area contributed by atoms with Crippen LogP contribution in [0.1, 0.15) is 19.8 Å². The molecule has 2 aromatic rings. The molecule has 0 bridgehead atoms. The van der Waals surface area contributed by atoms with E-state index in [9.17, 15) is 9.59 Å². The van der Waals surface area contributed by atoms with Crippen LogP contribution in [0.25, 0.3) is 0 Å². The van der Waals surface area contributed by atoms with Gasteiger partial charge < -0.3 is 14.5 Å². The van der Waals surface area contributed by atoms with Gasteiger partial charge >= 0.3 is 0 Å². The first-order valence-electron chi connectivity index (χ1n) is 10.5. The highest BCUT2D eigenvalue weighted by Gasteiger charge is 2.46. The summed E-state index contributed by atoms with van der Waals surface area (Å²) in [7, 11) is 0. The van der Waals surface area contributed by atoms with Crippen molar-refractivity contribution in [2.45, 2.75) is 25.8 Å². The van der Waals surface area contributed by atoms with Crippen LogP contribution in [0.15, 0.2) is 48.5 Å². The van der Waals surface area contributed by atoms with Crippen LogP contribution in [0.5, 0.6) is 5.75 Å². The van der Waals surface area contributed by atoms with Crippen molar-refractivity contribution in [3.8, 4) is 5.75 Å². The maximum atomic E-state index is 13.1. The molecule has 1 atom stereocenters. The van der Waals surface area contributed by atoms with E-state index in [0.29, 0.717) is 12.3 Å². The Labute approximate surface area is 182 Å². The molecular formula is C23H27ClN3O3+. The van der Waals surface area contributed by atoms with E-state index in [1.807, 2.05) is 43.3 Å². The number of nitrogens with one attached hydrogen (secondary N) is 1. The van der Waals surface area contributed by atoms with Gasteiger partial charge in [-0.2, -0.15) is 0 Å². The van der Waals surface area contributed by atoms with Crippen molar-refractivity contribution < 1.29 is 19.2 Å². The molecule has 0 unspecified atom stereocenters. The number of piperazine rings is 1. The molecule has 0 radical (unpaired) electrons.